The third-order valence-corrected chi connectivity index (χ3v) is 5.93. The number of hydrogen-bond donors (Lipinski definition) is 3. The van der Waals surface area contributed by atoms with E-state index in [1.165, 1.54) is 0 Å². The number of aromatic nitrogens is 2. The van der Waals surface area contributed by atoms with Crippen molar-refractivity contribution < 1.29 is 15.0 Å². The number of amides is 1. The van der Waals surface area contributed by atoms with Crippen molar-refractivity contribution in [1.29, 1.82) is 0 Å². The first-order valence-electron chi connectivity index (χ1n) is 10.7. The van der Waals surface area contributed by atoms with Gasteiger partial charge in [-0.25, -0.2) is 4.98 Å². The SMILES string of the molecule is CC(C)(O)CN1CCC(c2ccc3ccn(Cc4ccc(C(N)=O)c(O)c4)c3n2)CC1. The second kappa shape index (κ2) is 8.32. The molecule has 1 aliphatic rings. The summed E-state index contributed by atoms with van der Waals surface area (Å²) < 4.78 is 2.06. The predicted octanol–water partition coefficient (Wildman–Crippen LogP) is 2.84. The Labute approximate surface area is 182 Å². The summed E-state index contributed by atoms with van der Waals surface area (Å²) in [6.07, 6.45) is 4.04. The first-order valence-corrected chi connectivity index (χ1v) is 10.7. The molecule has 164 valence electrons. The Morgan fingerprint density at radius 3 is 2.58 bits per heavy atom. The second-order valence-electron chi connectivity index (χ2n) is 9.17. The van der Waals surface area contributed by atoms with Crippen molar-refractivity contribution in [3.63, 3.8) is 0 Å². The molecule has 1 amide bonds. The van der Waals surface area contributed by atoms with E-state index in [-0.39, 0.29) is 11.3 Å². The van der Waals surface area contributed by atoms with Crippen LogP contribution in [0.5, 0.6) is 5.75 Å². The third kappa shape index (κ3) is 4.89. The lowest BCUT2D eigenvalue weighted by Gasteiger charge is -2.35. The quantitative estimate of drug-likeness (QED) is 0.567. The van der Waals surface area contributed by atoms with Crippen molar-refractivity contribution in [1.82, 2.24) is 14.5 Å². The Morgan fingerprint density at radius 2 is 1.94 bits per heavy atom. The number of rotatable bonds is 6. The highest BCUT2D eigenvalue weighted by Gasteiger charge is 2.25. The highest BCUT2D eigenvalue weighted by atomic mass is 16.3. The van der Waals surface area contributed by atoms with Crippen LogP contribution in [0.15, 0.2) is 42.6 Å². The summed E-state index contributed by atoms with van der Waals surface area (Å²) in [4.78, 5) is 18.6. The van der Waals surface area contributed by atoms with E-state index >= 15 is 0 Å². The van der Waals surface area contributed by atoms with Crippen molar-refractivity contribution in [2.45, 2.75) is 44.8 Å². The number of β-amino-alcohol motifs (C(OH)–C–C–N with tert-alkyl or cyclic N) is 1. The largest absolute Gasteiger partial charge is 0.507 e. The monoisotopic (exact) mass is 422 g/mol. The van der Waals surface area contributed by atoms with Crippen molar-refractivity contribution >= 4 is 16.9 Å². The summed E-state index contributed by atoms with van der Waals surface area (Å²) >= 11 is 0. The Kier molecular flexibility index (Phi) is 5.73. The molecule has 0 saturated carbocycles. The molecule has 3 aromatic rings. The van der Waals surface area contributed by atoms with Gasteiger partial charge < -0.3 is 25.4 Å². The first kappa shape index (κ1) is 21.3. The fourth-order valence-corrected chi connectivity index (χ4v) is 4.44. The van der Waals surface area contributed by atoms with Gasteiger partial charge in [0.2, 0.25) is 0 Å². The number of hydrogen-bond acceptors (Lipinski definition) is 5. The van der Waals surface area contributed by atoms with Gasteiger partial charge in [-0.15, -0.1) is 0 Å². The molecule has 4 rings (SSSR count). The highest BCUT2D eigenvalue weighted by Crippen LogP contribution is 2.29. The van der Waals surface area contributed by atoms with Crippen LogP contribution in [0, 0.1) is 0 Å². The summed E-state index contributed by atoms with van der Waals surface area (Å²) in [5.74, 6) is -0.340. The minimum atomic E-state index is -0.672. The van der Waals surface area contributed by atoms with Crippen molar-refractivity contribution in [3.05, 3.63) is 59.4 Å². The Morgan fingerprint density at radius 1 is 1.19 bits per heavy atom. The Balaban J connectivity index is 1.51. The number of benzene rings is 1. The summed E-state index contributed by atoms with van der Waals surface area (Å²) in [7, 11) is 0. The van der Waals surface area contributed by atoms with Gasteiger partial charge in [-0.3, -0.25) is 4.79 Å². The van der Waals surface area contributed by atoms with Gasteiger partial charge in [-0.2, -0.15) is 0 Å². The number of nitrogens with two attached hydrogens (primary N) is 1. The van der Waals surface area contributed by atoms with Crippen molar-refractivity contribution in [3.8, 4) is 5.75 Å². The molecule has 0 atom stereocenters. The number of fused-ring (bicyclic) bond motifs is 1. The number of phenols is 1. The van der Waals surface area contributed by atoms with E-state index in [0.717, 1.165) is 48.2 Å². The van der Waals surface area contributed by atoms with Crippen LogP contribution in [0.3, 0.4) is 0 Å². The maximum Gasteiger partial charge on any atom is 0.252 e. The molecule has 0 unspecified atom stereocenters. The molecule has 7 heteroatoms. The summed E-state index contributed by atoms with van der Waals surface area (Å²) in [5.41, 5.74) is 7.60. The van der Waals surface area contributed by atoms with Crippen LogP contribution in [0.25, 0.3) is 11.0 Å². The minimum Gasteiger partial charge on any atom is -0.507 e. The standard InChI is InChI=1S/C24H30N4O3/c1-24(2,31)15-27-10-7-17(8-11-27)20-6-4-18-9-12-28(23(18)26-20)14-16-3-5-19(22(25)30)21(29)13-16/h3-6,9,12-13,17,29,31H,7-8,10-11,14-15H2,1-2H3,(H2,25,30). The predicted molar refractivity (Wildman–Crippen MR) is 120 cm³/mol. The van der Waals surface area contributed by atoms with E-state index in [1.54, 1.807) is 18.2 Å². The zero-order valence-corrected chi connectivity index (χ0v) is 18.1. The average molecular weight is 423 g/mol. The fourth-order valence-electron chi connectivity index (χ4n) is 4.44. The van der Waals surface area contributed by atoms with Gasteiger partial charge in [-0.1, -0.05) is 6.07 Å². The molecule has 1 saturated heterocycles. The first-order chi connectivity index (χ1) is 14.7. The molecule has 0 bridgehead atoms. The third-order valence-electron chi connectivity index (χ3n) is 5.93. The zero-order valence-electron chi connectivity index (χ0n) is 18.1. The average Bonchev–Trinajstić information content (AvgIpc) is 3.09. The van der Waals surface area contributed by atoms with Gasteiger partial charge in [0.05, 0.1) is 11.2 Å². The van der Waals surface area contributed by atoms with Crippen LogP contribution in [0.2, 0.25) is 0 Å². The second-order valence-corrected chi connectivity index (χ2v) is 9.17. The maximum atomic E-state index is 11.3. The number of carbonyl (C=O) groups excluding carboxylic acids is 1. The fraction of sp³-hybridized carbons (Fsp3) is 0.417. The lowest BCUT2D eigenvalue weighted by Crippen LogP contribution is -2.42. The number of pyridine rings is 1. The Hall–Kier alpha value is -2.90. The van der Waals surface area contributed by atoms with Crippen molar-refractivity contribution in [2.75, 3.05) is 19.6 Å². The normalized spacial score (nSPS) is 16.1. The number of carbonyl (C=O) groups is 1. The summed E-state index contributed by atoms with van der Waals surface area (Å²) in [5, 5.41) is 21.2. The van der Waals surface area contributed by atoms with Crippen LogP contribution >= 0.6 is 0 Å². The van der Waals surface area contributed by atoms with Gasteiger partial charge in [0, 0.05) is 36.3 Å². The number of piperidine rings is 1. The molecule has 2 aromatic heterocycles. The van der Waals surface area contributed by atoms with Crippen LogP contribution < -0.4 is 5.73 Å². The Bertz CT molecular complexity index is 1090. The molecule has 0 aliphatic carbocycles. The molecule has 0 radical (unpaired) electrons. The van der Waals surface area contributed by atoms with Gasteiger partial charge in [-0.05, 0) is 75.7 Å². The van der Waals surface area contributed by atoms with E-state index in [2.05, 4.69) is 21.6 Å². The molecule has 7 nitrogen and oxygen atoms in total. The lowest BCUT2D eigenvalue weighted by molar-refractivity contribution is 0.0280. The minimum absolute atomic E-state index is 0.104. The molecule has 1 aromatic carbocycles. The number of nitrogens with zero attached hydrogens (tertiary/aromatic N) is 3. The zero-order chi connectivity index (χ0) is 22.2. The van der Waals surface area contributed by atoms with Gasteiger partial charge >= 0.3 is 0 Å². The molecule has 31 heavy (non-hydrogen) atoms. The number of likely N-dealkylation sites (tertiary alicyclic amines) is 1. The molecule has 1 fully saturated rings. The molecular formula is C24H30N4O3. The van der Waals surface area contributed by atoms with E-state index in [9.17, 15) is 15.0 Å². The van der Waals surface area contributed by atoms with E-state index in [4.69, 9.17) is 10.7 Å². The molecule has 1 aliphatic heterocycles. The van der Waals surface area contributed by atoms with Gasteiger partial charge in [0.25, 0.3) is 5.91 Å². The molecular weight excluding hydrogens is 392 g/mol. The van der Waals surface area contributed by atoms with Crippen LogP contribution in [0.4, 0.5) is 0 Å². The number of aliphatic hydroxyl groups is 1. The molecule has 0 spiro atoms. The lowest BCUT2D eigenvalue weighted by atomic mass is 9.92. The van der Waals surface area contributed by atoms with Crippen molar-refractivity contribution in [2.24, 2.45) is 5.73 Å². The van der Waals surface area contributed by atoms with Gasteiger partial charge in [0.1, 0.15) is 11.4 Å². The topological polar surface area (TPSA) is 105 Å². The van der Waals surface area contributed by atoms with E-state index in [0.29, 0.717) is 19.0 Å². The smallest absolute Gasteiger partial charge is 0.252 e. The van der Waals surface area contributed by atoms with Crippen LogP contribution in [-0.4, -0.2) is 55.8 Å². The van der Waals surface area contributed by atoms with Gasteiger partial charge in [0.15, 0.2) is 0 Å². The highest BCUT2D eigenvalue weighted by molar-refractivity contribution is 5.95. The number of primary amides is 1. The van der Waals surface area contributed by atoms with Crippen LogP contribution in [-0.2, 0) is 6.54 Å². The summed E-state index contributed by atoms with van der Waals surface area (Å²) in [6, 6.07) is 11.2. The molecule has 3 heterocycles. The summed E-state index contributed by atoms with van der Waals surface area (Å²) in [6.45, 7) is 6.85. The maximum absolute atomic E-state index is 11.3. The van der Waals surface area contributed by atoms with E-state index in [1.807, 2.05) is 26.1 Å². The molecule has 4 N–H and O–H groups in total. The number of aromatic hydroxyl groups is 1. The van der Waals surface area contributed by atoms with Crippen LogP contribution in [0.1, 0.15) is 54.2 Å². The van der Waals surface area contributed by atoms with E-state index < -0.39 is 11.5 Å².